The lowest BCUT2D eigenvalue weighted by molar-refractivity contribution is -0.192. The van der Waals surface area contributed by atoms with Crippen LogP contribution in [0.3, 0.4) is 0 Å². The van der Waals surface area contributed by atoms with Crippen LogP contribution in [0.5, 0.6) is 0 Å². The molecule has 2 amide bonds. The Labute approximate surface area is 195 Å². The van der Waals surface area contributed by atoms with Gasteiger partial charge in [0.2, 0.25) is 0 Å². The van der Waals surface area contributed by atoms with Crippen molar-refractivity contribution < 1.29 is 37.0 Å². The molecule has 34 heavy (non-hydrogen) atoms. The van der Waals surface area contributed by atoms with Crippen molar-refractivity contribution in [3.05, 3.63) is 54.0 Å². The maximum absolute atomic E-state index is 12.7. The third-order valence-corrected chi connectivity index (χ3v) is 6.07. The second-order valence-electron chi connectivity index (χ2n) is 8.27. The zero-order valence-corrected chi connectivity index (χ0v) is 18.8. The Morgan fingerprint density at radius 2 is 1.85 bits per heavy atom. The molecule has 3 heterocycles. The van der Waals surface area contributed by atoms with Crippen molar-refractivity contribution >= 4 is 17.7 Å². The van der Waals surface area contributed by atoms with E-state index in [0.29, 0.717) is 13.2 Å². The topological polar surface area (TPSA) is 95.3 Å². The number of alkyl halides is 3. The number of furan rings is 1. The predicted octanol–water partition coefficient (Wildman–Crippen LogP) is 3.62. The standard InChI is InChI=1S/C21H27N3O3.C2HF3O2/c1-26-14-10-22-20(25)24-16-21(18-6-2-3-7-19(18)24)8-11-23(12-9-21)15-17-5-4-13-27-17;3-2(4,5)1(6)7/h2-7,13H,8-12,14-16H2,1H3,(H,22,25);(H,6,7). The Morgan fingerprint density at radius 3 is 2.44 bits per heavy atom. The fraction of sp³-hybridized carbons (Fsp3) is 0.478. The molecule has 2 aromatic rings. The Balaban J connectivity index is 0.000000406. The van der Waals surface area contributed by atoms with E-state index >= 15 is 0 Å². The molecule has 1 fully saturated rings. The Bertz CT molecular complexity index is 957. The molecule has 1 aromatic heterocycles. The van der Waals surface area contributed by atoms with Crippen molar-refractivity contribution in [2.75, 3.05) is 44.8 Å². The number of methoxy groups -OCH3 is 1. The Morgan fingerprint density at radius 1 is 1.18 bits per heavy atom. The van der Waals surface area contributed by atoms with Gasteiger partial charge in [0.15, 0.2) is 0 Å². The second kappa shape index (κ2) is 10.9. The minimum Gasteiger partial charge on any atom is -0.475 e. The van der Waals surface area contributed by atoms with Crippen molar-refractivity contribution in [1.29, 1.82) is 0 Å². The molecule has 0 radical (unpaired) electrons. The summed E-state index contributed by atoms with van der Waals surface area (Å²) in [6, 6.07) is 12.3. The fourth-order valence-electron chi connectivity index (χ4n) is 4.36. The number of nitrogens with zero attached hydrogens (tertiary/aromatic N) is 2. The summed E-state index contributed by atoms with van der Waals surface area (Å²) in [6.07, 6.45) is -1.26. The number of carbonyl (C=O) groups is 2. The van der Waals surface area contributed by atoms with E-state index in [4.69, 9.17) is 19.1 Å². The number of ether oxygens (including phenoxy) is 1. The minimum atomic E-state index is -5.08. The van der Waals surface area contributed by atoms with E-state index in [1.165, 1.54) is 5.56 Å². The van der Waals surface area contributed by atoms with Crippen LogP contribution in [0.1, 0.15) is 24.2 Å². The maximum Gasteiger partial charge on any atom is 0.490 e. The van der Waals surface area contributed by atoms with Crippen LogP contribution in [0.2, 0.25) is 0 Å². The molecular formula is C23H28F3N3O5. The first-order chi connectivity index (χ1) is 16.2. The number of urea groups is 1. The molecule has 0 unspecified atom stereocenters. The smallest absolute Gasteiger partial charge is 0.475 e. The lowest BCUT2D eigenvalue weighted by Gasteiger charge is -2.39. The highest BCUT2D eigenvalue weighted by molar-refractivity contribution is 5.95. The summed E-state index contributed by atoms with van der Waals surface area (Å²) in [7, 11) is 1.64. The molecule has 0 atom stereocenters. The molecule has 11 heteroatoms. The predicted molar refractivity (Wildman–Crippen MR) is 118 cm³/mol. The molecule has 1 saturated heterocycles. The number of piperidine rings is 1. The van der Waals surface area contributed by atoms with E-state index in [2.05, 4.69) is 28.4 Å². The van der Waals surface area contributed by atoms with E-state index in [1.54, 1.807) is 13.4 Å². The van der Waals surface area contributed by atoms with Gasteiger partial charge in [0.1, 0.15) is 5.76 Å². The normalized spacial score (nSPS) is 17.1. The number of aliphatic carboxylic acids is 1. The lowest BCUT2D eigenvalue weighted by atomic mass is 9.74. The van der Waals surface area contributed by atoms with Crippen LogP contribution in [0.25, 0.3) is 0 Å². The highest BCUT2D eigenvalue weighted by Crippen LogP contribution is 2.47. The van der Waals surface area contributed by atoms with E-state index in [-0.39, 0.29) is 11.4 Å². The van der Waals surface area contributed by atoms with E-state index in [9.17, 15) is 18.0 Å². The first-order valence-electron chi connectivity index (χ1n) is 10.8. The van der Waals surface area contributed by atoms with Gasteiger partial charge >= 0.3 is 18.2 Å². The average molecular weight is 483 g/mol. The summed E-state index contributed by atoms with van der Waals surface area (Å²) >= 11 is 0. The molecule has 1 aromatic carbocycles. The summed E-state index contributed by atoms with van der Waals surface area (Å²) in [5.74, 6) is -1.75. The van der Waals surface area contributed by atoms with Gasteiger partial charge in [0, 0.05) is 31.3 Å². The molecular weight excluding hydrogens is 455 g/mol. The number of carbonyl (C=O) groups excluding carboxylic acids is 1. The largest absolute Gasteiger partial charge is 0.490 e. The van der Waals surface area contributed by atoms with Crippen molar-refractivity contribution in [3.63, 3.8) is 0 Å². The number of hydrogen-bond acceptors (Lipinski definition) is 5. The summed E-state index contributed by atoms with van der Waals surface area (Å²) in [4.78, 5) is 26.0. The van der Waals surface area contributed by atoms with Gasteiger partial charge in [-0.2, -0.15) is 13.2 Å². The zero-order valence-electron chi connectivity index (χ0n) is 18.8. The number of rotatable bonds is 5. The third-order valence-electron chi connectivity index (χ3n) is 6.07. The summed E-state index contributed by atoms with van der Waals surface area (Å²) < 4.78 is 42.3. The third kappa shape index (κ3) is 6.09. The van der Waals surface area contributed by atoms with Crippen molar-refractivity contribution in [2.45, 2.75) is 31.0 Å². The summed E-state index contributed by atoms with van der Waals surface area (Å²) in [6.45, 7) is 4.67. The molecule has 2 N–H and O–H groups in total. The molecule has 4 rings (SSSR count). The van der Waals surface area contributed by atoms with E-state index in [0.717, 1.165) is 50.5 Å². The van der Waals surface area contributed by atoms with Crippen LogP contribution in [-0.4, -0.2) is 68.1 Å². The molecule has 186 valence electrons. The number of carboxylic acid groups (broad SMARTS) is 1. The van der Waals surface area contributed by atoms with Crippen LogP contribution in [-0.2, 0) is 21.5 Å². The van der Waals surface area contributed by atoms with Gasteiger partial charge < -0.3 is 19.6 Å². The molecule has 0 saturated carbocycles. The summed E-state index contributed by atoms with van der Waals surface area (Å²) in [5, 5.41) is 10.1. The van der Waals surface area contributed by atoms with Gasteiger partial charge in [0.05, 0.1) is 19.4 Å². The number of hydrogen-bond donors (Lipinski definition) is 2. The van der Waals surface area contributed by atoms with E-state index < -0.39 is 12.1 Å². The number of nitrogens with one attached hydrogen (secondary N) is 1. The molecule has 0 bridgehead atoms. The molecule has 0 aliphatic carbocycles. The lowest BCUT2D eigenvalue weighted by Crippen LogP contribution is -2.48. The van der Waals surface area contributed by atoms with Crippen LogP contribution < -0.4 is 10.2 Å². The first-order valence-corrected chi connectivity index (χ1v) is 10.8. The van der Waals surface area contributed by atoms with Gasteiger partial charge in [-0.1, -0.05) is 18.2 Å². The van der Waals surface area contributed by atoms with Crippen LogP contribution >= 0.6 is 0 Å². The van der Waals surface area contributed by atoms with Gasteiger partial charge in [-0.05, 0) is 49.7 Å². The van der Waals surface area contributed by atoms with E-state index in [1.807, 2.05) is 23.1 Å². The number of benzene rings is 1. The molecule has 2 aliphatic heterocycles. The number of para-hydroxylation sites is 1. The molecule has 2 aliphatic rings. The van der Waals surface area contributed by atoms with Gasteiger partial charge in [-0.15, -0.1) is 0 Å². The second-order valence-corrected chi connectivity index (χ2v) is 8.27. The number of amides is 2. The SMILES string of the molecule is COCCNC(=O)N1CC2(CCN(Cc3ccco3)CC2)c2ccccc21.O=C(O)C(F)(F)F. The number of likely N-dealkylation sites (tertiary alicyclic amines) is 1. The highest BCUT2D eigenvalue weighted by atomic mass is 19.4. The molecule has 8 nitrogen and oxygen atoms in total. The van der Waals surface area contributed by atoms with Gasteiger partial charge in [-0.25, -0.2) is 9.59 Å². The fourth-order valence-corrected chi connectivity index (χ4v) is 4.36. The number of carboxylic acids is 1. The minimum absolute atomic E-state index is 0.0330. The number of halogens is 3. The number of fused-ring (bicyclic) bond motifs is 2. The highest BCUT2D eigenvalue weighted by Gasteiger charge is 2.46. The van der Waals surface area contributed by atoms with Crippen LogP contribution in [0.15, 0.2) is 47.1 Å². The van der Waals surface area contributed by atoms with Crippen molar-refractivity contribution in [1.82, 2.24) is 10.2 Å². The summed E-state index contributed by atoms with van der Waals surface area (Å²) in [5.41, 5.74) is 2.41. The van der Waals surface area contributed by atoms with Gasteiger partial charge in [0.25, 0.3) is 0 Å². The van der Waals surface area contributed by atoms with Crippen molar-refractivity contribution in [2.24, 2.45) is 0 Å². The van der Waals surface area contributed by atoms with Crippen molar-refractivity contribution in [3.8, 4) is 0 Å². The van der Waals surface area contributed by atoms with Crippen LogP contribution in [0, 0.1) is 0 Å². The Kier molecular flexibility index (Phi) is 8.21. The maximum atomic E-state index is 12.7. The average Bonchev–Trinajstić information content (AvgIpc) is 3.42. The molecule has 1 spiro atoms. The Hall–Kier alpha value is -3.05. The monoisotopic (exact) mass is 483 g/mol. The first kappa shape index (κ1) is 25.6. The van der Waals surface area contributed by atoms with Gasteiger partial charge in [-0.3, -0.25) is 9.80 Å². The number of anilines is 1. The quantitative estimate of drug-likeness (QED) is 0.631. The van der Waals surface area contributed by atoms with Crippen LogP contribution in [0.4, 0.5) is 23.7 Å². The zero-order chi connectivity index (χ0) is 24.8.